The van der Waals surface area contributed by atoms with E-state index in [1.807, 2.05) is 0 Å². The minimum Gasteiger partial charge on any atom is -0.329 e. The smallest absolute Gasteiger partial charge is 0.220 e. The fourth-order valence-electron chi connectivity index (χ4n) is 0.993. The zero-order valence-electron chi connectivity index (χ0n) is 7.96. The first-order valence-corrected chi connectivity index (χ1v) is 8.00. The predicted octanol–water partition coefficient (Wildman–Crippen LogP) is 3.98. The van der Waals surface area contributed by atoms with Gasteiger partial charge in [0.1, 0.15) is 0 Å². The van der Waals surface area contributed by atoms with Crippen molar-refractivity contribution >= 4 is 62.7 Å². The van der Waals surface area contributed by atoms with E-state index in [1.165, 1.54) is 14.2 Å². The van der Waals surface area contributed by atoms with Crippen LogP contribution < -0.4 is 5.30 Å². The molecule has 1 rings (SSSR count). The monoisotopic (exact) mass is 348 g/mol. The van der Waals surface area contributed by atoms with Gasteiger partial charge in [0.2, 0.25) is 6.49 Å². The molecule has 0 atom stereocenters. The maximum absolute atomic E-state index is 6.06. The third kappa shape index (κ3) is 2.95. The van der Waals surface area contributed by atoms with Gasteiger partial charge in [0.25, 0.3) is 0 Å². The van der Waals surface area contributed by atoms with Crippen molar-refractivity contribution in [1.82, 2.24) is 0 Å². The van der Waals surface area contributed by atoms with E-state index in [-0.39, 0.29) is 0 Å². The Morgan fingerprint density at radius 2 is 1.73 bits per heavy atom. The highest BCUT2D eigenvalue weighted by atomic mass is 79.9. The van der Waals surface area contributed by atoms with Gasteiger partial charge in [0, 0.05) is 18.7 Å². The summed E-state index contributed by atoms with van der Waals surface area (Å²) in [6, 6.07) is 3.35. The lowest BCUT2D eigenvalue weighted by Gasteiger charge is -2.19. The summed E-state index contributed by atoms with van der Waals surface area (Å²) in [6.07, 6.45) is 0. The molecule has 0 amide bonds. The summed E-state index contributed by atoms with van der Waals surface area (Å²) in [5, 5.41) is 1.63. The van der Waals surface area contributed by atoms with Gasteiger partial charge in [-0.1, -0.05) is 23.2 Å². The van der Waals surface area contributed by atoms with Crippen LogP contribution in [0, 0.1) is 0 Å². The van der Waals surface area contributed by atoms with Crippen molar-refractivity contribution in [1.29, 1.82) is 0 Å². The fourth-order valence-corrected chi connectivity index (χ4v) is 3.96. The van der Waals surface area contributed by atoms with E-state index in [9.17, 15) is 0 Å². The summed E-state index contributed by atoms with van der Waals surface area (Å²) >= 11 is 20.6. The average molecular weight is 350 g/mol. The van der Waals surface area contributed by atoms with Crippen LogP contribution in [0.5, 0.6) is 0 Å². The number of rotatable bonds is 3. The van der Waals surface area contributed by atoms with Gasteiger partial charge < -0.3 is 9.05 Å². The van der Waals surface area contributed by atoms with Gasteiger partial charge in [-0.15, -0.1) is 0 Å². The summed E-state index contributed by atoms with van der Waals surface area (Å²) in [5.41, 5.74) is 0. The standard InChI is InChI=1S/C8H8BrCl2O2PS/c1-12-14(15,13-2)8-4-6(10)5(9)3-7(8)11/h3-4H,1-2H3. The van der Waals surface area contributed by atoms with Crippen LogP contribution in [0.4, 0.5) is 0 Å². The second-order valence-electron chi connectivity index (χ2n) is 2.58. The fraction of sp³-hybridized carbons (Fsp3) is 0.250. The van der Waals surface area contributed by atoms with Crippen molar-refractivity contribution in [3.63, 3.8) is 0 Å². The molecule has 0 aliphatic heterocycles. The topological polar surface area (TPSA) is 18.5 Å². The van der Waals surface area contributed by atoms with Crippen LogP contribution in [-0.2, 0) is 20.9 Å². The molecule has 0 N–H and O–H groups in total. The van der Waals surface area contributed by atoms with Crippen molar-refractivity contribution < 1.29 is 9.05 Å². The first-order valence-electron chi connectivity index (χ1n) is 3.81. The summed E-state index contributed by atoms with van der Waals surface area (Å²) in [6.45, 7) is -2.52. The highest BCUT2D eigenvalue weighted by Gasteiger charge is 2.23. The summed E-state index contributed by atoms with van der Waals surface area (Å²) in [7, 11) is 2.99. The lowest BCUT2D eigenvalue weighted by Crippen LogP contribution is -2.09. The van der Waals surface area contributed by atoms with Crippen LogP contribution in [0.25, 0.3) is 0 Å². The first kappa shape index (κ1) is 13.9. The molecular formula is C8H8BrCl2O2PS. The van der Waals surface area contributed by atoms with Crippen molar-refractivity contribution in [2.75, 3.05) is 14.2 Å². The second-order valence-corrected chi connectivity index (χ2v) is 7.90. The summed E-state index contributed by atoms with van der Waals surface area (Å²) in [4.78, 5) is 0. The van der Waals surface area contributed by atoms with Gasteiger partial charge in [-0.2, -0.15) is 0 Å². The summed E-state index contributed by atoms with van der Waals surface area (Å²) in [5.74, 6) is 0. The highest BCUT2D eigenvalue weighted by molar-refractivity contribution is 9.10. The lowest BCUT2D eigenvalue weighted by atomic mass is 10.4. The zero-order valence-corrected chi connectivity index (χ0v) is 12.8. The highest BCUT2D eigenvalue weighted by Crippen LogP contribution is 2.48. The van der Waals surface area contributed by atoms with Crippen molar-refractivity contribution in [3.05, 3.63) is 26.7 Å². The molecule has 15 heavy (non-hydrogen) atoms. The molecular weight excluding hydrogens is 342 g/mol. The Hall–Kier alpha value is 0.850. The van der Waals surface area contributed by atoms with Gasteiger partial charge in [0.15, 0.2) is 0 Å². The van der Waals surface area contributed by atoms with Gasteiger partial charge in [0.05, 0.1) is 15.3 Å². The average Bonchev–Trinajstić information content (AvgIpc) is 2.22. The lowest BCUT2D eigenvalue weighted by molar-refractivity contribution is 0.347. The van der Waals surface area contributed by atoms with Crippen LogP contribution in [0.1, 0.15) is 0 Å². The Balaban J connectivity index is 3.38. The molecule has 1 aromatic rings. The van der Waals surface area contributed by atoms with Crippen molar-refractivity contribution in [3.8, 4) is 0 Å². The minimum absolute atomic E-state index is 0.485. The van der Waals surface area contributed by atoms with Crippen LogP contribution in [-0.4, -0.2) is 14.2 Å². The molecule has 0 heterocycles. The van der Waals surface area contributed by atoms with Crippen LogP contribution >= 0.6 is 45.6 Å². The molecule has 0 aromatic heterocycles. The SMILES string of the molecule is COP(=S)(OC)c1cc(Cl)c(Br)cc1Cl. The third-order valence-corrected chi connectivity index (χ3v) is 6.81. The molecule has 1 aromatic carbocycles. The predicted molar refractivity (Wildman–Crippen MR) is 72.1 cm³/mol. The van der Waals surface area contributed by atoms with E-state index >= 15 is 0 Å². The largest absolute Gasteiger partial charge is 0.329 e. The molecule has 0 spiro atoms. The Labute approximate surface area is 112 Å². The molecule has 0 saturated carbocycles. The minimum atomic E-state index is -2.52. The van der Waals surface area contributed by atoms with E-state index in [2.05, 4.69) is 15.9 Å². The summed E-state index contributed by atoms with van der Waals surface area (Å²) < 4.78 is 11.1. The Morgan fingerprint density at radius 3 is 2.20 bits per heavy atom. The van der Waals surface area contributed by atoms with Gasteiger partial charge >= 0.3 is 0 Å². The molecule has 0 fully saturated rings. The molecule has 84 valence electrons. The van der Waals surface area contributed by atoms with Crippen LogP contribution in [0.3, 0.4) is 0 Å². The zero-order chi connectivity index (χ0) is 11.6. The van der Waals surface area contributed by atoms with Gasteiger partial charge in [-0.3, -0.25) is 0 Å². The number of hydrogen-bond acceptors (Lipinski definition) is 3. The molecule has 0 saturated heterocycles. The van der Waals surface area contributed by atoms with Crippen LogP contribution in [0.2, 0.25) is 10.0 Å². The van der Waals surface area contributed by atoms with E-state index in [1.54, 1.807) is 12.1 Å². The number of benzene rings is 1. The van der Waals surface area contributed by atoms with E-state index in [4.69, 9.17) is 44.1 Å². The molecule has 0 aliphatic carbocycles. The quantitative estimate of drug-likeness (QED) is 0.607. The number of halogens is 3. The van der Waals surface area contributed by atoms with E-state index < -0.39 is 6.49 Å². The maximum atomic E-state index is 6.06. The van der Waals surface area contributed by atoms with E-state index in [0.29, 0.717) is 19.8 Å². The maximum Gasteiger partial charge on any atom is 0.220 e. The Kier molecular flexibility index (Phi) is 5.06. The molecule has 0 radical (unpaired) electrons. The Morgan fingerprint density at radius 1 is 1.20 bits per heavy atom. The molecule has 7 heteroatoms. The van der Waals surface area contributed by atoms with Crippen molar-refractivity contribution in [2.45, 2.75) is 0 Å². The van der Waals surface area contributed by atoms with E-state index in [0.717, 1.165) is 0 Å². The molecule has 2 nitrogen and oxygen atoms in total. The number of hydrogen-bond donors (Lipinski definition) is 0. The van der Waals surface area contributed by atoms with Gasteiger partial charge in [-0.25, -0.2) is 0 Å². The third-order valence-electron chi connectivity index (χ3n) is 1.77. The van der Waals surface area contributed by atoms with Crippen molar-refractivity contribution in [2.24, 2.45) is 0 Å². The molecule has 0 aliphatic rings. The first-order chi connectivity index (χ1) is 6.94. The Bertz CT molecular complexity index is 419. The van der Waals surface area contributed by atoms with Gasteiger partial charge in [-0.05, 0) is 39.9 Å². The molecule has 0 bridgehead atoms. The normalized spacial score (nSPS) is 11.8. The molecule has 0 unspecified atom stereocenters. The van der Waals surface area contributed by atoms with Crippen LogP contribution in [0.15, 0.2) is 16.6 Å². The second kappa shape index (κ2) is 5.46.